The third-order valence-corrected chi connectivity index (χ3v) is 3.35. The molecule has 80 valence electrons. The van der Waals surface area contributed by atoms with E-state index in [4.69, 9.17) is 22.0 Å². The van der Waals surface area contributed by atoms with E-state index in [0.717, 1.165) is 11.3 Å². The van der Waals surface area contributed by atoms with E-state index in [9.17, 15) is 4.79 Å². The van der Waals surface area contributed by atoms with Crippen molar-refractivity contribution < 1.29 is 9.90 Å². The Kier molecular flexibility index (Phi) is 3.50. The second kappa shape index (κ2) is 4.47. The van der Waals surface area contributed by atoms with Gasteiger partial charge in [-0.05, 0) is 6.92 Å². The zero-order chi connectivity index (χ0) is 11.6. The molecule has 0 radical (unpaired) electrons. The maximum Gasteiger partial charge on any atom is 0.326 e. The largest absolute Gasteiger partial charge is 0.480 e. The van der Waals surface area contributed by atoms with E-state index >= 15 is 0 Å². The van der Waals surface area contributed by atoms with E-state index in [1.165, 1.54) is 11.8 Å². The van der Waals surface area contributed by atoms with Crippen LogP contribution in [0.4, 0.5) is 5.13 Å². The molecular formula is C8H8ClN3O2S. The SMILES string of the molecule is CC(C(=O)O)N(C)c1nc(Cl)c(C#N)s1. The van der Waals surface area contributed by atoms with Crippen LogP contribution in [-0.2, 0) is 4.79 Å². The van der Waals surface area contributed by atoms with Gasteiger partial charge in [0.15, 0.2) is 10.3 Å². The average Bonchev–Trinajstić information content (AvgIpc) is 2.57. The molecule has 7 heteroatoms. The van der Waals surface area contributed by atoms with E-state index in [1.807, 2.05) is 6.07 Å². The van der Waals surface area contributed by atoms with Crippen LogP contribution in [0.3, 0.4) is 0 Å². The van der Waals surface area contributed by atoms with Crippen LogP contribution >= 0.6 is 22.9 Å². The minimum absolute atomic E-state index is 0.113. The van der Waals surface area contributed by atoms with Crippen molar-refractivity contribution in [3.8, 4) is 6.07 Å². The fourth-order valence-electron chi connectivity index (χ4n) is 0.842. The summed E-state index contributed by atoms with van der Waals surface area (Å²) in [6, 6.07) is 1.18. The van der Waals surface area contributed by atoms with E-state index in [0.29, 0.717) is 5.13 Å². The Morgan fingerprint density at radius 2 is 2.40 bits per heavy atom. The number of carboxylic acid groups (broad SMARTS) is 1. The topological polar surface area (TPSA) is 77.2 Å². The van der Waals surface area contributed by atoms with Crippen molar-refractivity contribution in [2.24, 2.45) is 0 Å². The number of aliphatic carboxylic acids is 1. The summed E-state index contributed by atoms with van der Waals surface area (Å²) in [5.74, 6) is -0.956. The van der Waals surface area contributed by atoms with Crippen molar-refractivity contribution in [1.82, 2.24) is 4.98 Å². The van der Waals surface area contributed by atoms with Crippen molar-refractivity contribution in [2.45, 2.75) is 13.0 Å². The lowest BCUT2D eigenvalue weighted by Crippen LogP contribution is -2.35. The summed E-state index contributed by atoms with van der Waals surface area (Å²) in [5, 5.41) is 18.0. The van der Waals surface area contributed by atoms with Crippen molar-refractivity contribution in [1.29, 1.82) is 5.26 Å². The highest BCUT2D eigenvalue weighted by molar-refractivity contribution is 7.16. The zero-order valence-electron chi connectivity index (χ0n) is 8.06. The molecule has 0 saturated carbocycles. The number of hydrogen-bond donors (Lipinski definition) is 1. The molecule has 1 atom stereocenters. The molecule has 0 aliphatic rings. The third-order valence-electron chi connectivity index (χ3n) is 1.92. The molecular weight excluding hydrogens is 238 g/mol. The number of rotatable bonds is 3. The summed E-state index contributed by atoms with van der Waals surface area (Å²) in [4.78, 5) is 16.4. The maximum absolute atomic E-state index is 10.7. The predicted octanol–water partition coefficient (Wildman–Crippen LogP) is 1.58. The van der Waals surface area contributed by atoms with Crippen LogP contribution in [0.2, 0.25) is 5.15 Å². The molecule has 0 aliphatic carbocycles. The minimum Gasteiger partial charge on any atom is -0.480 e. The van der Waals surface area contributed by atoms with Crippen LogP contribution < -0.4 is 4.90 Å². The fourth-order valence-corrected chi connectivity index (χ4v) is 1.93. The molecule has 1 N–H and O–H groups in total. The van der Waals surface area contributed by atoms with Crippen LogP contribution in [0.15, 0.2) is 0 Å². The summed E-state index contributed by atoms with van der Waals surface area (Å²) in [7, 11) is 1.59. The van der Waals surface area contributed by atoms with E-state index in [1.54, 1.807) is 7.05 Å². The van der Waals surface area contributed by atoms with Gasteiger partial charge in [-0.1, -0.05) is 22.9 Å². The molecule has 5 nitrogen and oxygen atoms in total. The second-order valence-corrected chi connectivity index (χ2v) is 4.19. The quantitative estimate of drug-likeness (QED) is 0.875. The molecule has 1 rings (SSSR count). The van der Waals surface area contributed by atoms with Crippen molar-refractivity contribution in [3.63, 3.8) is 0 Å². The Labute approximate surface area is 95.5 Å². The number of nitriles is 1. The minimum atomic E-state index is -0.956. The molecule has 0 bridgehead atoms. The molecule has 1 unspecified atom stereocenters. The summed E-state index contributed by atoms with van der Waals surface area (Å²) < 4.78 is 0. The van der Waals surface area contributed by atoms with Crippen LogP contribution in [-0.4, -0.2) is 29.1 Å². The highest BCUT2D eigenvalue weighted by Crippen LogP contribution is 2.29. The average molecular weight is 246 g/mol. The number of likely N-dealkylation sites (N-methyl/N-ethyl adjacent to an activating group) is 1. The molecule has 15 heavy (non-hydrogen) atoms. The molecule has 1 heterocycles. The van der Waals surface area contributed by atoms with Crippen LogP contribution in [0, 0.1) is 11.3 Å². The van der Waals surface area contributed by atoms with Crippen molar-refractivity contribution in [2.75, 3.05) is 11.9 Å². The first-order valence-corrected chi connectivity index (χ1v) is 5.19. The zero-order valence-corrected chi connectivity index (χ0v) is 9.63. The Hall–Kier alpha value is -1.32. The van der Waals surface area contributed by atoms with Gasteiger partial charge in [0, 0.05) is 7.05 Å². The lowest BCUT2D eigenvalue weighted by atomic mass is 10.3. The van der Waals surface area contributed by atoms with E-state index < -0.39 is 12.0 Å². The summed E-state index contributed by atoms with van der Waals surface area (Å²) in [6.07, 6.45) is 0. The normalized spacial score (nSPS) is 11.9. The summed E-state index contributed by atoms with van der Waals surface area (Å²) >= 11 is 6.75. The predicted molar refractivity (Wildman–Crippen MR) is 57.3 cm³/mol. The number of thiazole rings is 1. The number of carbonyl (C=O) groups is 1. The Morgan fingerprint density at radius 3 is 2.80 bits per heavy atom. The first-order chi connectivity index (χ1) is 6.97. The molecule has 0 spiro atoms. The summed E-state index contributed by atoms with van der Waals surface area (Å²) in [6.45, 7) is 1.53. The standard InChI is InChI=1S/C8H8ClN3O2S/c1-4(7(13)14)12(2)8-11-6(9)5(3-10)15-8/h4H,1-2H3,(H,13,14). The molecule has 1 aromatic rings. The van der Waals surface area contributed by atoms with Gasteiger partial charge in [-0.2, -0.15) is 5.26 Å². The van der Waals surface area contributed by atoms with Crippen LogP contribution in [0.1, 0.15) is 11.8 Å². The van der Waals surface area contributed by atoms with E-state index in [2.05, 4.69) is 4.98 Å². The van der Waals surface area contributed by atoms with Gasteiger partial charge in [-0.25, -0.2) is 9.78 Å². The number of anilines is 1. The Morgan fingerprint density at radius 1 is 1.80 bits per heavy atom. The number of halogens is 1. The van der Waals surface area contributed by atoms with Gasteiger partial charge in [0.1, 0.15) is 17.0 Å². The Bertz CT molecular complexity index is 426. The molecule has 0 saturated heterocycles. The van der Waals surface area contributed by atoms with Gasteiger partial charge in [-0.15, -0.1) is 0 Å². The van der Waals surface area contributed by atoms with Crippen LogP contribution in [0.25, 0.3) is 0 Å². The highest BCUT2D eigenvalue weighted by atomic mass is 35.5. The van der Waals surface area contributed by atoms with Crippen LogP contribution in [0.5, 0.6) is 0 Å². The molecule has 0 fully saturated rings. The van der Waals surface area contributed by atoms with Gasteiger partial charge in [0.25, 0.3) is 0 Å². The van der Waals surface area contributed by atoms with Gasteiger partial charge < -0.3 is 10.0 Å². The van der Waals surface area contributed by atoms with Gasteiger partial charge in [0.2, 0.25) is 0 Å². The molecule has 0 aromatic carbocycles. The lowest BCUT2D eigenvalue weighted by molar-refractivity contribution is -0.138. The van der Waals surface area contributed by atoms with E-state index in [-0.39, 0.29) is 10.0 Å². The van der Waals surface area contributed by atoms with Crippen molar-refractivity contribution in [3.05, 3.63) is 10.0 Å². The monoisotopic (exact) mass is 245 g/mol. The lowest BCUT2D eigenvalue weighted by Gasteiger charge is -2.19. The summed E-state index contributed by atoms with van der Waals surface area (Å²) in [5.41, 5.74) is 0. The molecule has 0 aliphatic heterocycles. The number of carboxylic acids is 1. The van der Waals surface area contributed by atoms with Crippen molar-refractivity contribution >= 4 is 34.0 Å². The molecule has 1 aromatic heterocycles. The fraction of sp³-hybridized carbons (Fsp3) is 0.375. The first kappa shape index (κ1) is 11.8. The second-order valence-electron chi connectivity index (χ2n) is 2.85. The maximum atomic E-state index is 10.7. The third kappa shape index (κ3) is 2.37. The Balaban J connectivity index is 2.97. The molecule has 0 amide bonds. The highest BCUT2D eigenvalue weighted by Gasteiger charge is 2.21. The first-order valence-electron chi connectivity index (χ1n) is 3.99. The number of aromatic nitrogens is 1. The smallest absolute Gasteiger partial charge is 0.326 e. The van der Waals surface area contributed by atoms with Gasteiger partial charge in [0.05, 0.1) is 0 Å². The number of hydrogen-bond acceptors (Lipinski definition) is 5. The van der Waals surface area contributed by atoms with Gasteiger partial charge >= 0.3 is 5.97 Å². The number of nitrogens with zero attached hydrogens (tertiary/aromatic N) is 3. The van der Waals surface area contributed by atoms with Gasteiger partial charge in [-0.3, -0.25) is 0 Å².